The fourth-order valence-electron chi connectivity index (χ4n) is 1.32. The van der Waals surface area contributed by atoms with Gasteiger partial charge in [0, 0.05) is 12.4 Å². The van der Waals surface area contributed by atoms with Crippen LogP contribution in [0.4, 0.5) is 4.39 Å². The Balaban J connectivity index is 2.11. The van der Waals surface area contributed by atoms with Crippen molar-refractivity contribution in [3.05, 3.63) is 59.9 Å². The molecule has 0 fully saturated rings. The van der Waals surface area contributed by atoms with Gasteiger partial charge >= 0.3 is 5.97 Å². The number of hydrogen-bond donors (Lipinski definition) is 0. The molecule has 0 saturated heterocycles. The summed E-state index contributed by atoms with van der Waals surface area (Å²) in [5.41, 5.74) is 0.680. The first kappa shape index (κ1) is 12.8. The van der Waals surface area contributed by atoms with Crippen LogP contribution in [0.5, 0.6) is 0 Å². The zero-order valence-corrected chi connectivity index (χ0v) is 10.1. The average Bonchev–Trinajstić information content (AvgIpc) is 2.46. The normalized spacial score (nSPS) is 11.2. The Morgan fingerprint density at radius 1 is 1.32 bits per heavy atom. The van der Waals surface area contributed by atoms with Gasteiger partial charge in [0.25, 0.3) is 0 Å². The van der Waals surface area contributed by atoms with E-state index in [4.69, 9.17) is 0 Å². The fraction of sp³-hybridized carbons (Fsp3) is 0.0769. The molecular weight excluding hydrogens is 249 g/mol. The van der Waals surface area contributed by atoms with E-state index in [2.05, 4.69) is 20.0 Å². The van der Waals surface area contributed by atoms with Crippen LogP contribution in [0.1, 0.15) is 23.0 Å². The molecule has 0 unspecified atom stereocenters. The highest BCUT2D eigenvalue weighted by molar-refractivity contribution is 5.97. The Kier molecular flexibility index (Phi) is 3.92. The lowest BCUT2D eigenvalue weighted by molar-refractivity contribution is 0.0511. The van der Waals surface area contributed by atoms with Gasteiger partial charge in [-0.05, 0) is 19.1 Å². The number of halogens is 1. The third-order valence-corrected chi connectivity index (χ3v) is 2.29. The second-order valence-corrected chi connectivity index (χ2v) is 3.63. The molecule has 0 saturated carbocycles. The zero-order chi connectivity index (χ0) is 13.7. The molecular formula is C13H10FN3O2. The second kappa shape index (κ2) is 5.81. The highest BCUT2D eigenvalue weighted by Crippen LogP contribution is 2.08. The molecule has 1 aromatic carbocycles. The molecule has 2 aromatic rings. The van der Waals surface area contributed by atoms with E-state index in [1.165, 1.54) is 36.8 Å². The fourth-order valence-corrected chi connectivity index (χ4v) is 1.32. The van der Waals surface area contributed by atoms with E-state index in [1.54, 1.807) is 13.0 Å². The van der Waals surface area contributed by atoms with Crippen molar-refractivity contribution in [3.63, 3.8) is 0 Å². The van der Waals surface area contributed by atoms with Crippen molar-refractivity contribution in [1.29, 1.82) is 0 Å². The average molecular weight is 259 g/mol. The third-order valence-electron chi connectivity index (χ3n) is 2.29. The monoisotopic (exact) mass is 259 g/mol. The molecule has 0 N–H and O–H groups in total. The van der Waals surface area contributed by atoms with Crippen LogP contribution in [0.3, 0.4) is 0 Å². The summed E-state index contributed by atoms with van der Waals surface area (Å²) in [4.78, 5) is 24.1. The maximum Gasteiger partial charge on any atom is 0.368 e. The van der Waals surface area contributed by atoms with Gasteiger partial charge < -0.3 is 4.84 Å². The number of nitrogens with zero attached hydrogens (tertiary/aromatic N) is 3. The summed E-state index contributed by atoms with van der Waals surface area (Å²) in [5, 5.41) is 3.61. The number of benzene rings is 1. The van der Waals surface area contributed by atoms with Crippen molar-refractivity contribution in [3.8, 4) is 0 Å². The molecule has 0 bridgehead atoms. The Morgan fingerprint density at radius 3 is 2.79 bits per heavy atom. The van der Waals surface area contributed by atoms with Gasteiger partial charge in [-0.15, -0.1) is 0 Å². The molecule has 0 aliphatic rings. The van der Waals surface area contributed by atoms with E-state index in [1.807, 2.05) is 0 Å². The van der Waals surface area contributed by atoms with Gasteiger partial charge in [0.2, 0.25) is 0 Å². The minimum absolute atomic E-state index is 0.168. The summed E-state index contributed by atoms with van der Waals surface area (Å²) >= 11 is 0. The Labute approximate surface area is 108 Å². The lowest BCUT2D eigenvalue weighted by atomic mass is 10.2. The van der Waals surface area contributed by atoms with Gasteiger partial charge in [0.15, 0.2) is 0 Å². The van der Waals surface area contributed by atoms with Crippen LogP contribution in [-0.2, 0) is 4.84 Å². The number of aromatic nitrogens is 2. The summed E-state index contributed by atoms with van der Waals surface area (Å²) in [6, 6.07) is 5.53. The number of carbonyl (C=O) groups is 1. The topological polar surface area (TPSA) is 64.4 Å². The van der Waals surface area contributed by atoms with Gasteiger partial charge in [-0.2, -0.15) is 0 Å². The quantitative estimate of drug-likeness (QED) is 0.481. The Morgan fingerprint density at radius 2 is 2.11 bits per heavy atom. The van der Waals surface area contributed by atoms with Crippen LogP contribution in [0.2, 0.25) is 0 Å². The maximum atomic E-state index is 13.3. The molecule has 0 atom stereocenters. The van der Waals surface area contributed by atoms with Crippen LogP contribution in [-0.4, -0.2) is 21.6 Å². The molecule has 0 spiro atoms. The molecule has 19 heavy (non-hydrogen) atoms. The summed E-state index contributed by atoms with van der Waals surface area (Å²) < 4.78 is 13.3. The van der Waals surface area contributed by atoms with E-state index in [9.17, 15) is 9.18 Å². The predicted molar refractivity (Wildman–Crippen MR) is 66.1 cm³/mol. The van der Waals surface area contributed by atoms with E-state index >= 15 is 0 Å². The van der Waals surface area contributed by atoms with E-state index in [0.29, 0.717) is 11.4 Å². The molecule has 6 heteroatoms. The minimum atomic E-state index is -0.860. The number of hydrogen-bond acceptors (Lipinski definition) is 5. The highest BCUT2D eigenvalue weighted by Gasteiger charge is 2.12. The zero-order valence-electron chi connectivity index (χ0n) is 10.1. The smallest absolute Gasteiger partial charge is 0.312 e. The predicted octanol–water partition coefficient (Wildman–Crippen LogP) is 2.20. The molecule has 0 radical (unpaired) electrons. The molecule has 2 rings (SSSR count). The highest BCUT2D eigenvalue weighted by atomic mass is 19.1. The molecule has 0 aliphatic carbocycles. The van der Waals surface area contributed by atoms with Crippen LogP contribution >= 0.6 is 0 Å². The molecule has 1 aromatic heterocycles. The van der Waals surface area contributed by atoms with Crippen molar-refractivity contribution in [2.24, 2.45) is 5.16 Å². The Bertz CT molecular complexity index is 614. The van der Waals surface area contributed by atoms with Crippen molar-refractivity contribution >= 4 is 11.7 Å². The first-order valence-corrected chi connectivity index (χ1v) is 5.45. The van der Waals surface area contributed by atoms with Gasteiger partial charge in [-0.3, -0.25) is 9.97 Å². The van der Waals surface area contributed by atoms with E-state index < -0.39 is 11.8 Å². The third kappa shape index (κ3) is 3.19. The molecule has 0 aliphatic heterocycles. The summed E-state index contributed by atoms with van der Waals surface area (Å²) in [7, 11) is 0. The molecule has 5 nitrogen and oxygen atoms in total. The largest absolute Gasteiger partial charge is 0.368 e. The lowest BCUT2D eigenvalue weighted by Gasteiger charge is -2.01. The SMILES string of the molecule is CC(=NOC(=O)c1ccccc1F)c1cnccn1. The number of carbonyl (C=O) groups excluding carboxylic acids is 1. The van der Waals surface area contributed by atoms with Gasteiger partial charge in [-0.1, -0.05) is 17.3 Å². The van der Waals surface area contributed by atoms with Crippen molar-refractivity contribution in [2.45, 2.75) is 6.92 Å². The standard InChI is InChI=1S/C13H10FN3O2/c1-9(12-8-15-6-7-16-12)17-19-13(18)10-4-2-3-5-11(10)14/h2-8H,1H3. The first-order chi connectivity index (χ1) is 9.18. The van der Waals surface area contributed by atoms with Crippen molar-refractivity contribution < 1.29 is 14.0 Å². The van der Waals surface area contributed by atoms with Crippen LogP contribution < -0.4 is 0 Å². The van der Waals surface area contributed by atoms with Gasteiger partial charge in [0.1, 0.15) is 17.2 Å². The molecule has 1 heterocycles. The molecule has 96 valence electrons. The van der Waals surface area contributed by atoms with Gasteiger partial charge in [-0.25, -0.2) is 9.18 Å². The first-order valence-electron chi connectivity index (χ1n) is 5.45. The summed E-state index contributed by atoms with van der Waals surface area (Å²) in [5.74, 6) is -1.51. The molecule has 0 amide bonds. The Hall–Kier alpha value is -2.63. The summed E-state index contributed by atoms with van der Waals surface area (Å²) in [6.07, 6.45) is 4.49. The van der Waals surface area contributed by atoms with Crippen molar-refractivity contribution in [1.82, 2.24) is 9.97 Å². The van der Waals surface area contributed by atoms with Crippen LogP contribution in [0, 0.1) is 5.82 Å². The van der Waals surface area contributed by atoms with E-state index in [0.717, 1.165) is 0 Å². The van der Waals surface area contributed by atoms with Crippen molar-refractivity contribution in [2.75, 3.05) is 0 Å². The van der Waals surface area contributed by atoms with Crippen LogP contribution in [0.25, 0.3) is 0 Å². The maximum absolute atomic E-state index is 13.3. The van der Waals surface area contributed by atoms with Crippen LogP contribution in [0.15, 0.2) is 48.0 Å². The number of rotatable bonds is 3. The second-order valence-electron chi connectivity index (χ2n) is 3.63. The minimum Gasteiger partial charge on any atom is -0.312 e. The lowest BCUT2D eigenvalue weighted by Crippen LogP contribution is -2.06. The number of oxime groups is 1. The summed E-state index contributed by atoms with van der Waals surface area (Å²) in [6.45, 7) is 1.61. The van der Waals surface area contributed by atoms with E-state index in [-0.39, 0.29) is 5.56 Å². The van der Waals surface area contributed by atoms with Gasteiger partial charge in [0.05, 0.1) is 11.8 Å².